The number of rotatable bonds is 5. The van der Waals surface area contributed by atoms with Crippen LogP contribution in [0.5, 0.6) is 0 Å². The van der Waals surface area contributed by atoms with E-state index in [1.54, 1.807) is 0 Å². The van der Waals surface area contributed by atoms with E-state index in [9.17, 15) is 9.18 Å². The van der Waals surface area contributed by atoms with Gasteiger partial charge in [-0.15, -0.1) is 0 Å². The molecule has 0 spiro atoms. The summed E-state index contributed by atoms with van der Waals surface area (Å²) in [6, 6.07) is 9.48. The van der Waals surface area contributed by atoms with Crippen LogP contribution in [0, 0.1) is 0 Å². The Morgan fingerprint density at radius 3 is 2.62 bits per heavy atom. The standard InChI is InChI=1S/C13H15FO2/c14-13(8-9-13)7-6-12(15)16-10-11-4-2-1-3-5-11/h1-5H,6-10H2. The Kier molecular flexibility index (Phi) is 3.22. The number of hydrogen-bond acceptors (Lipinski definition) is 2. The molecule has 1 saturated carbocycles. The molecule has 1 aliphatic carbocycles. The van der Waals surface area contributed by atoms with Crippen LogP contribution in [0.15, 0.2) is 30.3 Å². The summed E-state index contributed by atoms with van der Waals surface area (Å²) >= 11 is 0. The summed E-state index contributed by atoms with van der Waals surface area (Å²) in [7, 11) is 0. The lowest BCUT2D eigenvalue weighted by Gasteiger charge is -2.06. The Bertz CT molecular complexity index is 357. The normalized spacial score (nSPS) is 16.8. The fraction of sp³-hybridized carbons (Fsp3) is 0.462. The summed E-state index contributed by atoms with van der Waals surface area (Å²) in [6.45, 7) is 0.277. The second-order valence-electron chi connectivity index (χ2n) is 4.30. The minimum absolute atomic E-state index is 0.184. The van der Waals surface area contributed by atoms with Crippen LogP contribution in [0.25, 0.3) is 0 Å². The summed E-state index contributed by atoms with van der Waals surface area (Å²) in [6.07, 6.45) is 1.68. The Labute approximate surface area is 94.4 Å². The van der Waals surface area contributed by atoms with Gasteiger partial charge in [-0.2, -0.15) is 0 Å². The van der Waals surface area contributed by atoms with Crippen molar-refractivity contribution in [1.82, 2.24) is 0 Å². The second-order valence-corrected chi connectivity index (χ2v) is 4.30. The smallest absolute Gasteiger partial charge is 0.306 e. The number of benzene rings is 1. The molecular formula is C13H15FO2. The second kappa shape index (κ2) is 4.64. The van der Waals surface area contributed by atoms with Gasteiger partial charge in [-0.25, -0.2) is 4.39 Å². The molecule has 0 aromatic heterocycles. The first-order valence-corrected chi connectivity index (χ1v) is 5.56. The quantitative estimate of drug-likeness (QED) is 0.716. The van der Waals surface area contributed by atoms with Crippen molar-refractivity contribution in [3.63, 3.8) is 0 Å². The molecule has 2 nitrogen and oxygen atoms in total. The molecule has 1 aliphatic rings. The van der Waals surface area contributed by atoms with E-state index in [1.165, 1.54) is 0 Å². The number of esters is 1. The van der Waals surface area contributed by atoms with Crippen LogP contribution in [0.1, 0.15) is 31.2 Å². The van der Waals surface area contributed by atoms with Gasteiger partial charge in [0.25, 0.3) is 0 Å². The van der Waals surface area contributed by atoms with Gasteiger partial charge in [0.15, 0.2) is 0 Å². The molecule has 0 unspecified atom stereocenters. The van der Waals surface area contributed by atoms with Crippen LogP contribution in [0.4, 0.5) is 4.39 Å². The first kappa shape index (κ1) is 11.1. The van der Waals surface area contributed by atoms with E-state index in [4.69, 9.17) is 4.74 Å². The number of alkyl halides is 1. The van der Waals surface area contributed by atoms with Gasteiger partial charge in [0.05, 0.1) is 0 Å². The molecule has 0 atom stereocenters. The molecular weight excluding hydrogens is 207 g/mol. The van der Waals surface area contributed by atoms with Crippen molar-refractivity contribution in [1.29, 1.82) is 0 Å². The molecule has 1 fully saturated rings. The Morgan fingerprint density at radius 2 is 2.00 bits per heavy atom. The van der Waals surface area contributed by atoms with Gasteiger partial charge in [0, 0.05) is 6.42 Å². The largest absolute Gasteiger partial charge is 0.461 e. The number of halogens is 1. The van der Waals surface area contributed by atoms with E-state index in [2.05, 4.69) is 0 Å². The van der Waals surface area contributed by atoms with Crippen molar-refractivity contribution in [2.24, 2.45) is 0 Å². The van der Waals surface area contributed by atoms with Crippen LogP contribution in [-0.2, 0) is 16.1 Å². The third-order valence-electron chi connectivity index (χ3n) is 2.81. The van der Waals surface area contributed by atoms with E-state index < -0.39 is 5.67 Å². The molecule has 2 rings (SSSR count). The lowest BCUT2D eigenvalue weighted by atomic mass is 10.2. The Hall–Kier alpha value is -1.38. The minimum Gasteiger partial charge on any atom is -0.461 e. The molecule has 0 amide bonds. The van der Waals surface area contributed by atoms with Crippen molar-refractivity contribution in [2.75, 3.05) is 0 Å². The lowest BCUT2D eigenvalue weighted by molar-refractivity contribution is -0.145. The van der Waals surface area contributed by atoms with Crippen LogP contribution in [0.3, 0.4) is 0 Å². The van der Waals surface area contributed by atoms with Gasteiger partial charge in [-0.05, 0) is 24.8 Å². The first-order valence-electron chi connectivity index (χ1n) is 5.56. The zero-order chi connectivity index (χ0) is 11.4. The maximum Gasteiger partial charge on any atom is 0.306 e. The molecule has 0 N–H and O–H groups in total. The van der Waals surface area contributed by atoms with Crippen LogP contribution in [-0.4, -0.2) is 11.6 Å². The van der Waals surface area contributed by atoms with Gasteiger partial charge in [-0.3, -0.25) is 4.79 Å². The molecule has 0 heterocycles. The maximum atomic E-state index is 13.2. The van der Waals surface area contributed by atoms with E-state index in [1.807, 2.05) is 30.3 Å². The van der Waals surface area contributed by atoms with Crippen LogP contribution < -0.4 is 0 Å². The van der Waals surface area contributed by atoms with Crippen LogP contribution >= 0.6 is 0 Å². The van der Waals surface area contributed by atoms with Crippen molar-refractivity contribution >= 4 is 5.97 Å². The predicted octanol–water partition coefficient (Wildman–Crippen LogP) is 3.01. The average molecular weight is 222 g/mol. The average Bonchev–Trinajstić information content (AvgIpc) is 3.04. The first-order chi connectivity index (χ1) is 7.68. The summed E-state index contributed by atoms with van der Waals surface area (Å²) in [4.78, 5) is 11.3. The monoisotopic (exact) mass is 222 g/mol. The SMILES string of the molecule is O=C(CCC1(F)CC1)OCc1ccccc1. The van der Waals surface area contributed by atoms with Crippen LogP contribution in [0.2, 0.25) is 0 Å². The highest BCUT2D eigenvalue weighted by Gasteiger charge is 2.42. The molecule has 0 aliphatic heterocycles. The van der Waals surface area contributed by atoms with Crippen molar-refractivity contribution in [2.45, 2.75) is 38.0 Å². The summed E-state index contributed by atoms with van der Waals surface area (Å²) in [5.74, 6) is -0.312. The van der Waals surface area contributed by atoms with Crippen molar-refractivity contribution < 1.29 is 13.9 Å². The predicted molar refractivity (Wildman–Crippen MR) is 58.5 cm³/mol. The van der Waals surface area contributed by atoms with E-state index in [0.29, 0.717) is 19.3 Å². The number of hydrogen-bond donors (Lipinski definition) is 0. The summed E-state index contributed by atoms with van der Waals surface area (Å²) in [5, 5.41) is 0. The number of carbonyl (C=O) groups excluding carboxylic acids is 1. The third kappa shape index (κ3) is 3.33. The van der Waals surface area contributed by atoms with Gasteiger partial charge < -0.3 is 4.74 Å². The number of ether oxygens (including phenoxy) is 1. The highest BCUT2D eigenvalue weighted by molar-refractivity contribution is 5.69. The topological polar surface area (TPSA) is 26.3 Å². The molecule has 86 valence electrons. The molecule has 0 bridgehead atoms. The molecule has 3 heteroatoms. The number of carbonyl (C=O) groups is 1. The van der Waals surface area contributed by atoms with E-state index in [0.717, 1.165) is 5.56 Å². The van der Waals surface area contributed by atoms with Crippen molar-refractivity contribution in [3.05, 3.63) is 35.9 Å². The minimum atomic E-state index is -1.06. The summed E-state index contributed by atoms with van der Waals surface area (Å²) in [5.41, 5.74) is -0.108. The fourth-order valence-electron chi connectivity index (χ4n) is 1.52. The zero-order valence-electron chi connectivity index (χ0n) is 9.12. The van der Waals surface area contributed by atoms with Gasteiger partial charge in [0.1, 0.15) is 12.3 Å². The maximum absolute atomic E-state index is 13.2. The fourth-order valence-corrected chi connectivity index (χ4v) is 1.52. The highest BCUT2D eigenvalue weighted by atomic mass is 19.1. The third-order valence-corrected chi connectivity index (χ3v) is 2.81. The van der Waals surface area contributed by atoms with Gasteiger partial charge >= 0.3 is 5.97 Å². The highest BCUT2D eigenvalue weighted by Crippen LogP contribution is 2.43. The molecule has 16 heavy (non-hydrogen) atoms. The molecule has 1 aromatic rings. The van der Waals surface area contributed by atoms with Crippen molar-refractivity contribution in [3.8, 4) is 0 Å². The molecule has 0 saturated heterocycles. The summed E-state index contributed by atoms with van der Waals surface area (Å²) < 4.78 is 18.3. The van der Waals surface area contributed by atoms with Gasteiger partial charge in [-0.1, -0.05) is 30.3 Å². The van der Waals surface area contributed by atoms with E-state index >= 15 is 0 Å². The van der Waals surface area contributed by atoms with E-state index in [-0.39, 0.29) is 19.0 Å². The lowest BCUT2D eigenvalue weighted by Crippen LogP contribution is -2.08. The van der Waals surface area contributed by atoms with Gasteiger partial charge in [0.2, 0.25) is 0 Å². The Balaban J connectivity index is 1.68. The molecule has 0 radical (unpaired) electrons. The molecule has 1 aromatic carbocycles. The zero-order valence-corrected chi connectivity index (χ0v) is 9.12. The Morgan fingerprint density at radius 1 is 1.31 bits per heavy atom.